The number of rotatable bonds is 10. The molecule has 8 nitrogen and oxygen atoms in total. The van der Waals surface area contributed by atoms with Gasteiger partial charge in [-0.05, 0) is 67.3 Å². The second-order valence-corrected chi connectivity index (χ2v) is 13.2. The number of aryl methyl sites for hydroxylation is 1. The summed E-state index contributed by atoms with van der Waals surface area (Å²) in [6.07, 6.45) is 2.60. The molecule has 5 rings (SSSR count). The number of carbonyl (C=O) groups excluding carboxylic acids is 2. The van der Waals surface area contributed by atoms with Gasteiger partial charge in [-0.15, -0.1) is 0 Å². The Hall–Kier alpha value is -3.60. The third-order valence-electron chi connectivity index (χ3n) is 8.08. The molecule has 1 saturated heterocycles. The van der Waals surface area contributed by atoms with Crippen molar-refractivity contribution in [2.75, 3.05) is 39.0 Å². The highest BCUT2D eigenvalue weighted by atomic mass is 32.2. The van der Waals surface area contributed by atoms with Crippen molar-refractivity contribution in [1.82, 2.24) is 19.8 Å². The molecule has 1 heterocycles. The van der Waals surface area contributed by atoms with Crippen molar-refractivity contribution >= 4 is 21.8 Å². The van der Waals surface area contributed by atoms with Gasteiger partial charge in [0.2, 0.25) is 15.9 Å². The highest BCUT2D eigenvalue weighted by Crippen LogP contribution is 2.40. The first-order valence-corrected chi connectivity index (χ1v) is 16.1. The van der Waals surface area contributed by atoms with Crippen LogP contribution < -0.4 is 10.6 Å². The number of benzene rings is 3. The molecule has 2 fully saturated rings. The summed E-state index contributed by atoms with van der Waals surface area (Å²) in [6.45, 7) is 3.63. The zero-order valence-electron chi connectivity index (χ0n) is 23.9. The number of halogens is 1. The van der Waals surface area contributed by atoms with E-state index >= 15 is 0 Å². The summed E-state index contributed by atoms with van der Waals surface area (Å²) in [5.41, 5.74) is 4.62. The zero-order chi connectivity index (χ0) is 29.9. The molecule has 3 aromatic rings. The molecule has 0 bridgehead atoms. The van der Waals surface area contributed by atoms with Gasteiger partial charge in [0.05, 0.1) is 6.26 Å². The van der Waals surface area contributed by atoms with E-state index in [1.807, 2.05) is 0 Å². The average molecular weight is 593 g/mol. The normalized spacial score (nSPS) is 19.7. The summed E-state index contributed by atoms with van der Waals surface area (Å²) in [4.78, 5) is 28.5. The van der Waals surface area contributed by atoms with Crippen LogP contribution in [0.1, 0.15) is 40.2 Å². The van der Waals surface area contributed by atoms with Crippen molar-refractivity contribution in [1.29, 1.82) is 0 Å². The summed E-state index contributed by atoms with van der Waals surface area (Å²) in [7, 11) is -3.33. The van der Waals surface area contributed by atoms with Gasteiger partial charge in [0.1, 0.15) is 11.9 Å². The first-order valence-electron chi connectivity index (χ1n) is 14.3. The predicted octanol–water partition coefficient (Wildman–Crippen LogP) is 3.54. The third kappa shape index (κ3) is 7.42. The smallest absolute Gasteiger partial charge is 0.251 e. The Morgan fingerprint density at radius 2 is 1.50 bits per heavy atom. The van der Waals surface area contributed by atoms with Crippen molar-refractivity contribution in [3.63, 3.8) is 0 Å². The van der Waals surface area contributed by atoms with Gasteiger partial charge < -0.3 is 15.5 Å². The molecule has 1 aliphatic heterocycles. The van der Waals surface area contributed by atoms with E-state index in [0.717, 1.165) is 17.5 Å². The van der Waals surface area contributed by atoms with Gasteiger partial charge in [0.15, 0.2) is 0 Å². The number of carbonyl (C=O) groups is 2. The molecule has 3 atom stereocenters. The van der Waals surface area contributed by atoms with Crippen LogP contribution in [-0.2, 0) is 14.8 Å². The molecule has 1 aliphatic carbocycles. The molecule has 0 unspecified atom stereocenters. The standard InChI is InChI=1S/C32H37FN4O4S/c1-22-3-5-25(6-4-22)28-21-30(28)34-16-15-29(32(39)36-17-19-37(20-18-36)42(2,40)41)35-31(38)26-9-7-23(8-10-26)24-11-13-27(33)14-12-24/h3-14,28-30,34H,15-21H2,1-2H3,(H,35,38)/t28-,29-,30+/m0/s1. The average Bonchev–Trinajstić information content (AvgIpc) is 3.76. The van der Waals surface area contributed by atoms with Gasteiger partial charge >= 0.3 is 0 Å². The van der Waals surface area contributed by atoms with Crippen molar-refractivity contribution in [2.45, 2.75) is 37.8 Å². The zero-order valence-corrected chi connectivity index (χ0v) is 24.7. The van der Waals surface area contributed by atoms with Gasteiger partial charge in [0.25, 0.3) is 5.91 Å². The van der Waals surface area contributed by atoms with Gasteiger partial charge in [-0.3, -0.25) is 9.59 Å². The van der Waals surface area contributed by atoms with Gasteiger partial charge in [-0.2, -0.15) is 4.31 Å². The minimum atomic E-state index is -3.33. The maximum absolute atomic E-state index is 13.6. The molecular formula is C32H37FN4O4S. The molecule has 2 N–H and O–H groups in total. The lowest BCUT2D eigenvalue weighted by Crippen LogP contribution is -2.56. The molecule has 222 valence electrons. The first-order chi connectivity index (χ1) is 20.1. The molecule has 0 aromatic heterocycles. The number of amides is 2. The monoisotopic (exact) mass is 592 g/mol. The van der Waals surface area contributed by atoms with Gasteiger partial charge in [-0.25, -0.2) is 12.8 Å². The second kappa shape index (κ2) is 12.7. The number of nitrogens with zero attached hydrogens (tertiary/aromatic N) is 2. The molecule has 42 heavy (non-hydrogen) atoms. The molecule has 1 saturated carbocycles. The number of piperazine rings is 1. The SMILES string of the molecule is Cc1ccc([C@@H]2C[C@H]2NCC[C@H](NC(=O)c2ccc(-c3ccc(F)cc3)cc2)C(=O)N2CCN(S(C)(=O)=O)CC2)cc1. The topological polar surface area (TPSA) is 98.8 Å². The Kier molecular flexibility index (Phi) is 9.05. The maximum atomic E-state index is 13.6. The Bertz CT molecular complexity index is 1500. The van der Waals surface area contributed by atoms with E-state index in [4.69, 9.17) is 0 Å². The van der Waals surface area contributed by atoms with Crippen LogP contribution in [0.4, 0.5) is 4.39 Å². The van der Waals surface area contributed by atoms with Crippen molar-refractivity contribution in [3.8, 4) is 11.1 Å². The minimum Gasteiger partial charge on any atom is -0.340 e. The molecular weight excluding hydrogens is 555 g/mol. The fraction of sp³-hybridized carbons (Fsp3) is 0.375. The predicted molar refractivity (Wildman–Crippen MR) is 161 cm³/mol. The highest BCUT2D eigenvalue weighted by Gasteiger charge is 2.38. The van der Waals surface area contributed by atoms with Crippen LogP contribution in [0, 0.1) is 12.7 Å². The highest BCUT2D eigenvalue weighted by molar-refractivity contribution is 7.88. The Balaban J connectivity index is 1.22. The van der Waals surface area contributed by atoms with Crippen molar-refractivity contribution in [3.05, 3.63) is 95.3 Å². The summed E-state index contributed by atoms with van der Waals surface area (Å²) in [5, 5.41) is 6.47. The number of nitrogens with one attached hydrogen (secondary N) is 2. The van der Waals surface area contributed by atoms with E-state index in [1.165, 1.54) is 33.8 Å². The molecule has 0 spiro atoms. The van der Waals surface area contributed by atoms with Crippen LogP contribution in [0.15, 0.2) is 72.8 Å². The molecule has 2 amide bonds. The Labute approximate surface area is 247 Å². The summed E-state index contributed by atoms with van der Waals surface area (Å²) >= 11 is 0. The van der Waals surface area contributed by atoms with E-state index in [0.29, 0.717) is 30.5 Å². The molecule has 0 radical (unpaired) electrons. The van der Waals surface area contributed by atoms with Crippen LogP contribution in [-0.4, -0.2) is 80.5 Å². The van der Waals surface area contributed by atoms with Crippen LogP contribution in [0.3, 0.4) is 0 Å². The number of sulfonamides is 1. The van der Waals surface area contributed by atoms with Crippen LogP contribution in [0.25, 0.3) is 11.1 Å². The first kappa shape index (κ1) is 29.9. The molecule has 3 aromatic carbocycles. The maximum Gasteiger partial charge on any atom is 0.251 e. The van der Waals surface area contributed by atoms with Gasteiger partial charge in [0, 0.05) is 43.7 Å². The van der Waals surface area contributed by atoms with Crippen molar-refractivity contribution < 1.29 is 22.4 Å². The number of hydrogen-bond acceptors (Lipinski definition) is 5. The van der Waals surface area contributed by atoms with E-state index < -0.39 is 16.1 Å². The largest absolute Gasteiger partial charge is 0.340 e. The lowest BCUT2D eigenvalue weighted by Gasteiger charge is -2.35. The lowest BCUT2D eigenvalue weighted by atomic mass is 10.0. The fourth-order valence-corrected chi connectivity index (χ4v) is 6.26. The van der Waals surface area contributed by atoms with E-state index in [2.05, 4.69) is 41.8 Å². The Morgan fingerprint density at radius 1 is 0.905 bits per heavy atom. The van der Waals surface area contributed by atoms with E-state index in [1.54, 1.807) is 41.3 Å². The summed E-state index contributed by atoms with van der Waals surface area (Å²) < 4.78 is 38.5. The third-order valence-corrected chi connectivity index (χ3v) is 9.39. The van der Waals surface area contributed by atoms with E-state index in [-0.39, 0.29) is 43.8 Å². The minimum absolute atomic E-state index is 0.216. The molecule has 2 aliphatic rings. The molecule has 10 heteroatoms. The quantitative estimate of drug-likeness (QED) is 0.375. The lowest BCUT2D eigenvalue weighted by molar-refractivity contribution is -0.134. The van der Waals surface area contributed by atoms with Gasteiger partial charge in [-0.1, -0.05) is 54.1 Å². The van der Waals surface area contributed by atoms with Crippen LogP contribution in [0.2, 0.25) is 0 Å². The van der Waals surface area contributed by atoms with Crippen LogP contribution >= 0.6 is 0 Å². The fourth-order valence-electron chi connectivity index (χ4n) is 5.43. The second-order valence-electron chi connectivity index (χ2n) is 11.2. The van der Waals surface area contributed by atoms with Crippen LogP contribution in [0.5, 0.6) is 0 Å². The van der Waals surface area contributed by atoms with Crippen molar-refractivity contribution in [2.24, 2.45) is 0 Å². The summed E-state index contributed by atoms with van der Waals surface area (Å²) in [5.74, 6) is -0.451. The summed E-state index contributed by atoms with van der Waals surface area (Å²) in [6, 6.07) is 21.2. The van der Waals surface area contributed by atoms with E-state index in [9.17, 15) is 22.4 Å². The Morgan fingerprint density at radius 3 is 2.10 bits per heavy atom. The number of hydrogen-bond donors (Lipinski definition) is 2.